The van der Waals surface area contributed by atoms with Gasteiger partial charge in [0.05, 0.1) is 51.1 Å². The number of phosphoric acid groups is 2. The van der Waals surface area contributed by atoms with Gasteiger partial charge >= 0.3 is 39.5 Å². The fraction of sp³-hybridized carbons (Fsp3) is 0.936. The van der Waals surface area contributed by atoms with E-state index in [1.165, 1.54) is 64.2 Å². The molecule has 0 aromatic rings. The van der Waals surface area contributed by atoms with Crippen LogP contribution in [0.25, 0.3) is 0 Å². The van der Waals surface area contributed by atoms with Crippen molar-refractivity contribution in [1.82, 2.24) is 10.6 Å². The lowest BCUT2D eigenvalue weighted by Crippen LogP contribution is -2.68. The first kappa shape index (κ1) is 116. The monoisotopic (exact) mass is 1800 g/mol. The molecule has 0 aromatic heterocycles. The Bertz CT molecular complexity index is 2710. The van der Waals surface area contributed by atoms with Crippen LogP contribution < -0.4 is 10.6 Å². The van der Waals surface area contributed by atoms with Crippen LogP contribution in [-0.2, 0) is 80.1 Å². The molecule has 724 valence electrons. The third-order valence-electron chi connectivity index (χ3n) is 23.9. The van der Waals surface area contributed by atoms with Crippen LogP contribution in [0.15, 0.2) is 0 Å². The third kappa shape index (κ3) is 61.9. The van der Waals surface area contributed by atoms with Gasteiger partial charge in [-0.2, -0.15) is 0 Å². The van der Waals surface area contributed by atoms with E-state index in [1.54, 1.807) is 0 Å². The van der Waals surface area contributed by atoms with Crippen LogP contribution in [0.4, 0.5) is 0 Å². The number of phosphoric ester groups is 2. The van der Waals surface area contributed by atoms with E-state index in [4.69, 9.17) is 42.2 Å². The summed E-state index contributed by atoms with van der Waals surface area (Å²) in [5.41, 5.74) is 0. The van der Waals surface area contributed by atoms with Crippen LogP contribution in [0.5, 0.6) is 0 Å². The average molecular weight is 1800 g/mol. The Morgan fingerprint density at radius 3 is 0.984 bits per heavy atom. The van der Waals surface area contributed by atoms with Crippen molar-refractivity contribution in [3.05, 3.63) is 0 Å². The molecule has 0 aromatic carbocycles. The summed E-state index contributed by atoms with van der Waals surface area (Å²) in [5, 5.41) is 51.5. The van der Waals surface area contributed by atoms with Gasteiger partial charge in [0.1, 0.15) is 48.7 Å². The Kier molecular flexibility index (Phi) is 71.0. The van der Waals surface area contributed by atoms with Crippen molar-refractivity contribution in [2.75, 3.05) is 13.2 Å². The van der Waals surface area contributed by atoms with E-state index in [2.05, 4.69) is 52.2 Å². The Morgan fingerprint density at radius 1 is 0.333 bits per heavy atom. The zero-order valence-electron chi connectivity index (χ0n) is 77.6. The van der Waals surface area contributed by atoms with Gasteiger partial charge in [-0.3, -0.25) is 37.8 Å². The van der Waals surface area contributed by atoms with E-state index in [0.29, 0.717) is 38.5 Å². The van der Waals surface area contributed by atoms with Crippen molar-refractivity contribution < 1.29 is 120 Å². The first-order valence-corrected chi connectivity index (χ1v) is 52.8. The maximum Gasteiger partial charge on any atom is 0.472 e. The quantitative estimate of drug-likeness (QED) is 0.0117. The number of hydrogen-bond acceptors (Lipinski definition) is 21. The molecule has 2 aliphatic rings. The third-order valence-corrected chi connectivity index (χ3v) is 24.9. The van der Waals surface area contributed by atoms with Crippen molar-refractivity contribution in [3.63, 3.8) is 0 Å². The highest BCUT2D eigenvalue weighted by atomic mass is 31.2. The van der Waals surface area contributed by atoms with Gasteiger partial charge in [0.2, 0.25) is 11.8 Å². The largest absolute Gasteiger partial charge is 0.472 e. The minimum Gasteiger partial charge on any atom is -0.462 e. The Hall–Kier alpha value is -3.24. The fourth-order valence-electron chi connectivity index (χ4n) is 16.6. The molecule has 27 nitrogen and oxygen atoms in total. The Morgan fingerprint density at radius 2 is 0.626 bits per heavy atom. The van der Waals surface area contributed by atoms with Crippen molar-refractivity contribution in [2.24, 2.45) is 0 Å². The normalized spacial score (nSPS) is 20.4. The molecule has 2 heterocycles. The average Bonchev–Trinajstić information content (AvgIpc) is 0.778. The fourth-order valence-corrected chi connectivity index (χ4v) is 17.6. The van der Waals surface area contributed by atoms with Crippen molar-refractivity contribution in [1.29, 1.82) is 0 Å². The summed E-state index contributed by atoms with van der Waals surface area (Å²) >= 11 is 0. The van der Waals surface area contributed by atoms with Gasteiger partial charge in [0, 0.05) is 12.8 Å². The number of nitrogens with one attached hydrogen (secondary N) is 2. The van der Waals surface area contributed by atoms with Crippen LogP contribution >= 0.6 is 15.6 Å². The molecule has 123 heavy (non-hydrogen) atoms. The molecule has 2 fully saturated rings. The summed E-state index contributed by atoms with van der Waals surface area (Å²) in [4.78, 5) is 128. The van der Waals surface area contributed by atoms with Gasteiger partial charge in [0.25, 0.3) is 0 Å². The minimum absolute atomic E-state index is 0.0781. The first-order valence-electron chi connectivity index (χ1n) is 49.7. The number of esters is 4. The van der Waals surface area contributed by atoms with Crippen molar-refractivity contribution in [3.8, 4) is 0 Å². The molecule has 0 aliphatic carbocycles. The summed E-state index contributed by atoms with van der Waals surface area (Å²) in [7, 11) is -11.4. The predicted octanol–water partition coefficient (Wildman–Crippen LogP) is 20.6. The summed E-state index contributed by atoms with van der Waals surface area (Å²) in [5.74, 6) is -5.04. The molecule has 2 saturated heterocycles. The highest BCUT2D eigenvalue weighted by Gasteiger charge is 2.55. The number of aliphatic hydroxyl groups is 4. The Balaban J connectivity index is 2.84. The molecule has 0 bridgehead atoms. The molecule has 29 heteroatoms. The number of hydrogen-bond donors (Lipinski definition) is 10. The smallest absolute Gasteiger partial charge is 0.462 e. The van der Waals surface area contributed by atoms with Crippen LogP contribution in [0.1, 0.15) is 465 Å². The maximum absolute atomic E-state index is 15.2. The summed E-state index contributed by atoms with van der Waals surface area (Å²) in [6.07, 6.45) is 34.0. The summed E-state index contributed by atoms with van der Waals surface area (Å²) < 4.78 is 80.1. The predicted molar refractivity (Wildman–Crippen MR) is 481 cm³/mol. The lowest BCUT2D eigenvalue weighted by molar-refractivity contribution is -0.297. The standard InChI is InChI=1S/C94H178N2O25P2/c1-7-13-19-25-31-37-38-44-50-56-62-68-84(103)115-78(66-60-54-48-42-35-29-23-17-11-5)72-86(105)119-92-88(96-82(101)71-77(65-59-53-47-41-34-28-22-16-10-4)114-83(102)67-61-55-49-43-36-30-24-18-12-6)93(116-79(73-97)90(92)120-122(107,108)109)113-74-80-89(106)91(118-85(104)70-76(99)64-58-52-46-40-33-27-21-15-9-3)87(94(117-80)121-123(110,111)112)95-81(100)69-75(98)63-57-51-45-39-32-26-20-14-8-2/h75-80,87-94,97-99,106H,7-74H2,1-6H3,(H,95,100)(H,96,101)(H2,107,108,109)(H2,110,111,112)/t75-,76-,77-,78-,79?,80?,87?,88?,89-,90-,91?,92?,93-,94+/m1/s1. The molecule has 2 amide bonds. The van der Waals surface area contributed by atoms with E-state index in [9.17, 15) is 68.3 Å². The van der Waals surface area contributed by atoms with Crippen LogP contribution in [0.3, 0.4) is 0 Å². The van der Waals surface area contributed by atoms with E-state index >= 15 is 9.59 Å². The van der Waals surface area contributed by atoms with E-state index in [0.717, 1.165) is 257 Å². The van der Waals surface area contributed by atoms with Gasteiger partial charge in [-0.05, 0) is 51.4 Å². The number of rotatable bonds is 84. The second-order valence-corrected chi connectivity index (χ2v) is 37.9. The van der Waals surface area contributed by atoms with Gasteiger partial charge in [-0.15, -0.1) is 0 Å². The van der Waals surface area contributed by atoms with Crippen molar-refractivity contribution in [2.45, 2.75) is 551 Å². The van der Waals surface area contributed by atoms with Gasteiger partial charge in [-0.1, -0.05) is 375 Å². The van der Waals surface area contributed by atoms with Crippen LogP contribution in [-0.4, -0.2) is 175 Å². The number of carbonyl (C=O) groups is 6. The second-order valence-electron chi connectivity index (χ2n) is 35.5. The molecular weight excluding hydrogens is 1620 g/mol. The van der Waals surface area contributed by atoms with E-state index in [1.807, 2.05) is 0 Å². The summed E-state index contributed by atoms with van der Waals surface area (Å²) in [6.45, 7) is 10.9. The molecule has 0 radical (unpaired) electrons. The minimum atomic E-state index is -5.69. The zero-order chi connectivity index (χ0) is 90.4. The van der Waals surface area contributed by atoms with Crippen LogP contribution in [0.2, 0.25) is 0 Å². The zero-order valence-corrected chi connectivity index (χ0v) is 79.4. The molecule has 2 rings (SSSR count). The summed E-state index contributed by atoms with van der Waals surface area (Å²) in [6, 6.07) is -3.86. The van der Waals surface area contributed by atoms with Crippen LogP contribution in [0, 0.1) is 0 Å². The number of carbonyl (C=O) groups excluding carboxylic acids is 6. The van der Waals surface area contributed by atoms with Gasteiger partial charge in [-0.25, -0.2) is 9.13 Å². The highest BCUT2D eigenvalue weighted by Crippen LogP contribution is 2.44. The lowest BCUT2D eigenvalue weighted by atomic mass is 9.95. The van der Waals surface area contributed by atoms with E-state index in [-0.39, 0.29) is 38.5 Å². The molecule has 14 atom stereocenters. The highest BCUT2D eigenvalue weighted by molar-refractivity contribution is 7.46. The van der Waals surface area contributed by atoms with Gasteiger partial charge < -0.3 is 83.8 Å². The first-order chi connectivity index (χ1) is 59.3. The molecule has 6 unspecified atom stereocenters. The molecule has 2 aliphatic heterocycles. The molecule has 0 spiro atoms. The number of ether oxygens (including phenoxy) is 7. The molecule has 10 N–H and O–H groups in total. The SMILES string of the molecule is CCCCCCCCCCCCCC(=O)O[C@H](CCCCCCCCCCC)CC(=O)OC1C(NC(=O)C[C@@H](CCCCCCCCCCC)OC(=O)CCCCCCCCCCC)[C@H](OCC2O[C@@H](OP(=O)(O)O)C(NC(=O)C[C@H](O)CCCCCCCCCCC)C(OC(=O)C[C@H](O)CCCCCCCCCCC)[C@@H]2O)OC(CO)[C@H]1OP(=O)(O)O. The van der Waals surface area contributed by atoms with E-state index < -0.39 is 176 Å². The Labute approximate surface area is 742 Å². The second kappa shape index (κ2) is 75.4. The maximum atomic E-state index is 15.2. The number of amides is 2. The van der Waals surface area contributed by atoms with Gasteiger partial charge in [0.15, 0.2) is 24.8 Å². The molecular formula is C94H178N2O25P2. The number of unbranched alkanes of at least 4 members (excludes halogenated alkanes) is 50. The lowest BCUT2D eigenvalue weighted by Gasteiger charge is -2.47. The topological polar surface area (TPSA) is 406 Å². The van der Waals surface area contributed by atoms with Crippen molar-refractivity contribution >= 4 is 51.3 Å². The molecule has 0 saturated carbocycles. The number of aliphatic hydroxyl groups excluding tert-OH is 4.